The minimum absolute atomic E-state index is 0.0464. The van der Waals surface area contributed by atoms with Gasteiger partial charge in [-0.2, -0.15) is 8.42 Å². The van der Waals surface area contributed by atoms with Gasteiger partial charge in [-0.1, -0.05) is 0 Å². The third kappa shape index (κ3) is 1.43. The molecule has 2 heterocycles. The molecule has 0 amide bonds. The minimum Gasteiger partial charge on any atom is -0.282 e. The molecule has 0 saturated carbocycles. The molecule has 2 aromatic heterocycles. The highest BCUT2D eigenvalue weighted by atomic mass is 32.2. The minimum atomic E-state index is -4.10. The number of hydrogen-bond acceptors (Lipinski definition) is 4. The zero-order valence-corrected chi connectivity index (χ0v) is 7.97. The van der Waals surface area contributed by atoms with E-state index in [1.807, 2.05) is 0 Å². The smallest absolute Gasteiger partial charge is 0.282 e. The second kappa shape index (κ2) is 2.76. The third-order valence-electron chi connectivity index (χ3n) is 1.62. The van der Waals surface area contributed by atoms with E-state index in [9.17, 15) is 8.42 Å². The van der Waals surface area contributed by atoms with Crippen LogP contribution in [0.5, 0.6) is 0 Å². The van der Waals surface area contributed by atoms with Gasteiger partial charge in [-0.25, -0.2) is 0 Å². The lowest BCUT2D eigenvalue weighted by Crippen LogP contribution is -1.95. The Kier molecular flexibility index (Phi) is 1.83. The van der Waals surface area contributed by atoms with Crippen molar-refractivity contribution in [3.8, 4) is 0 Å². The van der Waals surface area contributed by atoms with Crippen molar-refractivity contribution in [2.24, 2.45) is 0 Å². The lowest BCUT2D eigenvalue weighted by atomic mass is 10.3. The predicted octanol–water partition coefficient (Wildman–Crippen LogP) is 1.54. The highest BCUT2D eigenvalue weighted by Gasteiger charge is 2.15. The van der Waals surface area contributed by atoms with Gasteiger partial charge in [-0.15, -0.1) is 11.3 Å². The summed E-state index contributed by atoms with van der Waals surface area (Å²) in [5.41, 5.74) is 0. The van der Waals surface area contributed by atoms with Crippen LogP contribution >= 0.6 is 11.3 Å². The van der Waals surface area contributed by atoms with Crippen LogP contribution in [0.15, 0.2) is 28.7 Å². The van der Waals surface area contributed by atoms with Gasteiger partial charge < -0.3 is 0 Å². The predicted molar refractivity (Wildman–Crippen MR) is 49.4 cm³/mol. The van der Waals surface area contributed by atoms with Crippen molar-refractivity contribution in [2.75, 3.05) is 0 Å². The number of aromatic nitrogens is 1. The van der Waals surface area contributed by atoms with Crippen molar-refractivity contribution in [1.82, 2.24) is 4.98 Å². The van der Waals surface area contributed by atoms with E-state index in [0.29, 0.717) is 5.39 Å². The second-order valence-corrected chi connectivity index (χ2v) is 4.75. The topological polar surface area (TPSA) is 67.3 Å². The summed E-state index contributed by atoms with van der Waals surface area (Å²) in [6.07, 6.45) is 3.05. The van der Waals surface area contributed by atoms with Crippen molar-refractivity contribution in [3.05, 3.63) is 23.8 Å². The molecular weight excluding hydrogens is 210 g/mol. The summed E-state index contributed by atoms with van der Waals surface area (Å²) in [5.74, 6) is 0. The molecule has 1 N–H and O–H groups in total. The molecule has 0 atom stereocenters. The number of nitrogens with zero attached hydrogens (tertiary/aromatic N) is 1. The molecule has 0 radical (unpaired) electrons. The maximum absolute atomic E-state index is 10.8. The highest BCUT2D eigenvalue weighted by molar-refractivity contribution is 7.86. The van der Waals surface area contributed by atoms with Crippen LogP contribution in [0.3, 0.4) is 0 Å². The Morgan fingerprint density at radius 1 is 1.46 bits per heavy atom. The van der Waals surface area contributed by atoms with Gasteiger partial charge in [0.05, 0.1) is 4.70 Å². The molecule has 0 unspecified atom stereocenters. The molecule has 0 spiro atoms. The van der Waals surface area contributed by atoms with Crippen LogP contribution in [0, 0.1) is 0 Å². The summed E-state index contributed by atoms with van der Waals surface area (Å²) in [7, 11) is -4.10. The van der Waals surface area contributed by atoms with Gasteiger partial charge in [0.1, 0.15) is 4.90 Å². The number of fused-ring (bicyclic) bond motifs is 1. The average molecular weight is 215 g/mol. The Balaban J connectivity index is 2.87. The average Bonchev–Trinajstić information content (AvgIpc) is 2.45. The molecule has 68 valence electrons. The Hall–Kier alpha value is -0.980. The first-order valence-corrected chi connectivity index (χ1v) is 5.70. The van der Waals surface area contributed by atoms with Gasteiger partial charge in [0.15, 0.2) is 0 Å². The summed E-state index contributed by atoms with van der Waals surface area (Å²) in [6, 6.07) is 1.56. The standard InChI is InChI=1S/C7H5NO3S2/c9-13(10,11)7-4-12-6-3-8-2-1-5(6)7/h1-4H,(H,9,10,11). The Bertz CT molecular complexity index is 544. The maximum Gasteiger partial charge on any atom is 0.295 e. The molecular formula is C7H5NO3S2. The molecule has 4 nitrogen and oxygen atoms in total. The van der Waals surface area contributed by atoms with Crippen molar-refractivity contribution in [2.45, 2.75) is 4.90 Å². The first-order valence-electron chi connectivity index (χ1n) is 3.38. The van der Waals surface area contributed by atoms with E-state index in [2.05, 4.69) is 4.98 Å². The van der Waals surface area contributed by atoms with Crippen LogP contribution in [0.4, 0.5) is 0 Å². The molecule has 0 bridgehead atoms. The summed E-state index contributed by atoms with van der Waals surface area (Å²) in [5, 5.41) is 1.92. The van der Waals surface area contributed by atoms with E-state index in [1.54, 1.807) is 12.3 Å². The van der Waals surface area contributed by atoms with Crippen LogP contribution in [0.1, 0.15) is 0 Å². The molecule has 2 aromatic rings. The normalized spacial score (nSPS) is 12.1. The molecule has 0 fully saturated rings. The van der Waals surface area contributed by atoms with Gasteiger partial charge in [0.2, 0.25) is 0 Å². The largest absolute Gasteiger partial charge is 0.295 e. The molecule has 6 heteroatoms. The lowest BCUT2D eigenvalue weighted by Gasteiger charge is -1.92. The van der Waals surface area contributed by atoms with Crippen molar-refractivity contribution in [3.63, 3.8) is 0 Å². The fraction of sp³-hybridized carbons (Fsp3) is 0. The fourth-order valence-corrected chi connectivity index (χ4v) is 3.00. The zero-order valence-electron chi connectivity index (χ0n) is 6.34. The van der Waals surface area contributed by atoms with Crippen molar-refractivity contribution < 1.29 is 13.0 Å². The van der Waals surface area contributed by atoms with Crippen LogP contribution < -0.4 is 0 Å². The highest BCUT2D eigenvalue weighted by Crippen LogP contribution is 2.27. The van der Waals surface area contributed by atoms with Crippen molar-refractivity contribution in [1.29, 1.82) is 0 Å². The first-order chi connectivity index (χ1) is 6.09. The van der Waals surface area contributed by atoms with Gasteiger partial charge in [0.25, 0.3) is 10.1 Å². The SMILES string of the molecule is O=S(=O)(O)c1csc2cnccc12. The molecule has 0 saturated heterocycles. The summed E-state index contributed by atoms with van der Waals surface area (Å²) in [6.45, 7) is 0. The van der Waals surface area contributed by atoms with E-state index in [1.165, 1.54) is 22.9 Å². The monoisotopic (exact) mass is 215 g/mol. The zero-order chi connectivity index (χ0) is 9.47. The Morgan fingerprint density at radius 3 is 2.92 bits per heavy atom. The molecule has 13 heavy (non-hydrogen) atoms. The van der Waals surface area contributed by atoms with E-state index >= 15 is 0 Å². The van der Waals surface area contributed by atoms with Gasteiger partial charge >= 0.3 is 0 Å². The molecule has 0 aliphatic heterocycles. The van der Waals surface area contributed by atoms with Crippen LogP contribution in [0.25, 0.3) is 10.1 Å². The first kappa shape index (κ1) is 8.61. The Labute approximate surface area is 78.6 Å². The van der Waals surface area contributed by atoms with Gasteiger partial charge in [-0.3, -0.25) is 9.54 Å². The van der Waals surface area contributed by atoms with Crippen LogP contribution in [-0.4, -0.2) is 18.0 Å². The van der Waals surface area contributed by atoms with E-state index in [0.717, 1.165) is 4.70 Å². The van der Waals surface area contributed by atoms with E-state index < -0.39 is 10.1 Å². The van der Waals surface area contributed by atoms with Crippen LogP contribution in [0.2, 0.25) is 0 Å². The van der Waals surface area contributed by atoms with E-state index in [4.69, 9.17) is 4.55 Å². The number of hydrogen-bond donors (Lipinski definition) is 1. The summed E-state index contributed by atoms with van der Waals surface area (Å²) in [4.78, 5) is 3.80. The fourth-order valence-electron chi connectivity index (χ4n) is 1.06. The van der Waals surface area contributed by atoms with Gasteiger partial charge in [0, 0.05) is 23.2 Å². The summed E-state index contributed by atoms with van der Waals surface area (Å²) >= 11 is 1.24. The lowest BCUT2D eigenvalue weighted by molar-refractivity contribution is 0.484. The number of rotatable bonds is 1. The third-order valence-corrected chi connectivity index (χ3v) is 3.60. The molecule has 2 rings (SSSR count). The Morgan fingerprint density at radius 2 is 2.23 bits per heavy atom. The summed E-state index contributed by atoms with van der Waals surface area (Å²) < 4.78 is 31.3. The maximum atomic E-state index is 10.8. The quantitative estimate of drug-likeness (QED) is 0.733. The second-order valence-electron chi connectivity index (χ2n) is 2.45. The number of pyridine rings is 1. The van der Waals surface area contributed by atoms with Crippen LogP contribution in [-0.2, 0) is 10.1 Å². The molecule has 0 aliphatic rings. The van der Waals surface area contributed by atoms with Gasteiger partial charge in [-0.05, 0) is 6.07 Å². The number of thiophene rings is 1. The molecule has 0 aromatic carbocycles. The van der Waals surface area contributed by atoms with Crippen molar-refractivity contribution >= 4 is 31.5 Å². The van der Waals surface area contributed by atoms with E-state index in [-0.39, 0.29) is 4.90 Å². The molecule has 0 aliphatic carbocycles.